The number of halogens is 7. The topological polar surface area (TPSA) is 35.2 Å². The van der Waals surface area contributed by atoms with Crippen LogP contribution in [0.3, 0.4) is 0 Å². The number of hydrogen-bond acceptors (Lipinski definition) is 2. The van der Waals surface area contributed by atoms with E-state index >= 15 is 0 Å². The van der Waals surface area contributed by atoms with Crippen LogP contribution in [0.2, 0.25) is 0 Å². The third-order valence-electron chi connectivity index (χ3n) is 1.90. The number of alkyl halides is 6. The normalized spacial score (nSPS) is 12.2. The van der Waals surface area contributed by atoms with E-state index in [-0.39, 0.29) is 24.0 Å². The fraction of sp³-hybridized carbons (Fsp3) is 0.333. The third kappa shape index (κ3) is 4.35. The molecule has 0 spiro atoms. The predicted octanol–water partition coefficient (Wildman–Crippen LogP) is 3.54. The summed E-state index contributed by atoms with van der Waals surface area (Å²) in [5.41, 5.74) is -3.08. The molecular weight excluding hydrogens is 288 g/mol. The summed E-state index contributed by atoms with van der Waals surface area (Å²) in [4.78, 5) is 4.03. The first-order chi connectivity index (χ1) is 7.64. The van der Waals surface area contributed by atoms with Gasteiger partial charge in [-0.3, -0.25) is 4.84 Å². The molecule has 18 heavy (non-hydrogen) atoms. The van der Waals surface area contributed by atoms with Crippen molar-refractivity contribution in [1.82, 2.24) is 0 Å². The zero-order valence-corrected chi connectivity index (χ0v) is 9.42. The average Bonchev–Trinajstić information content (AvgIpc) is 2.15. The fourth-order valence-electron chi connectivity index (χ4n) is 1.20. The molecule has 0 saturated heterocycles. The van der Waals surface area contributed by atoms with Crippen LogP contribution >= 0.6 is 12.4 Å². The molecule has 2 nitrogen and oxygen atoms in total. The van der Waals surface area contributed by atoms with Crippen molar-refractivity contribution in [1.29, 1.82) is 0 Å². The fourth-order valence-corrected chi connectivity index (χ4v) is 1.20. The lowest BCUT2D eigenvalue weighted by molar-refractivity contribution is -0.143. The average molecular weight is 296 g/mol. The van der Waals surface area contributed by atoms with Crippen molar-refractivity contribution in [3.63, 3.8) is 0 Å². The van der Waals surface area contributed by atoms with Gasteiger partial charge in [0.2, 0.25) is 0 Å². The minimum atomic E-state index is -4.86. The Morgan fingerprint density at radius 1 is 0.889 bits per heavy atom. The van der Waals surface area contributed by atoms with Crippen molar-refractivity contribution in [3.8, 4) is 0 Å². The largest absolute Gasteiger partial charge is 0.416 e. The summed E-state index contributed by atoms with van der Waals surface area (Å²) in [6, 6.07) is 1.16. The highest BCUT2D eigenvalue weighted by Crippen LogP contribution is 2.36. The van der Waals surface area contributed by atoms with E-state index in [1.165, 1.54) is 0 Å². The minimum absolute atomic E-state index is 0. The van der Waals surface area contributed by atoms with Gasteiger partial charge in [0, 0.05) is 0 Å². The first-order valence-corrected chi connectivity index (χ1v) is 4.24. The van der Waals surface area contributed by atoms with Gasteiger partial charge in [0.05, 0.1) is 17.7 Å². The van der Waals surface area contributed by atoms with Crippen LogP contribution in [0.4, 0.5) is 26.3 Å². The highest BCUT2D eigenvalue weighted by Gasteiger charge is 2.36. The molecule has 0 fully saturated rings. The molecule has 0 amide bonds. The van der Waals surface area contributed by atoms with Gasteiger partial charge in [-0.05, 0) is 23.8 Å². The Balaban J connectivity index is 0.00000289. The smallest absolute Gasteiger partial charge is 0.300 e. The highest BCUT2D eigenvalue weighted by atomic mass is 35.5. The summed E-state index contributed by atoms with van der Waals surface area (Å²) in [6.07, 6.45) is -9.71. The predicted molar refractivity (Wildman–Crippen MR) is 52.7 cm³/mol. The van der Waals surface area contributed by atoms with Crippen LogP contribution in [0.1, 0.15) is 16.7 Å². The number of hydrogen-bond donors (Lipinski definition) is 1. The lowest BCUT2D eigenvalue weighted by Crippen LogP contribution is -2.12. The molecule has 1 aromatic rings. The molecule has 0 saturated carbocycles. The zero-order chi connectivity index (χ0) is 13.3. The SMILES string of the molecule is Cl.NOCc1cc(C(F)(F)F)cc(C(F)(F)F)c1. The summed E-state index contributed by atoms with van der Waals surface area (Å²) in [5.74, 6) is 4.62. The Hall–Kier alpha value is -0.990. The van der Waals surface area contributed by atoms with Gasteiger partial charge >= 0.3 is 12.4 Å². The lowest BCUT2D eigenvalue weighted by Gasteiger charge is -2.13. The van der Waals surface area contributed by atoms with Crippen LogP contribution in [-0.2, 0) is 23.8 Å². The van der Waals surface area contributed by atoms with E-state index in [1.54, 1.807) is 0 Å². The second-order valence-corrected chi connectivity index (χ2v) is 3.23. The molecule has 0 aromatic heterocycles. The quantitative estimate of drug-likeness (QED) is 0.669. The summed E-state index contributed by atoms with van der Waals surface area (Å²) < 4.78 is 74.0. The molecular formula is C9H8ClF6NO. The molecule has 2 N–H and O–H groups in total. The minimum Gasteiger partial charge on any atom is -0.300 e. The number of benzene rings is 1. The molecule has 0 aliphatic carbocycles. The van der Waals surface area contributed by atoms with E-state index in [9.17, 15) is 26.3 Å². The Bertz CT molecular complexity index is 371. The maximum atomic E-state index is 12.3. The van der Waals surface area contributed by atoms with Crippen LogP contribution in [0.15, 0.2) is 18.2 Å². The van der Waals surface area contributed by atoms with Gasteiger partial charge in [-0.2, -0.15) is 26.3 Å². The maximum absolute atomic E-state index is 12.3. The molecule has 0 bridgehead atoms. The van der Waals surface area contributed by atoms with Crippen LogP contribution in [0.25, 0.3) is 0 Å². The molecule has 0 atom stereocenters. The molecule has 0 aliphatic rings. The van der Waals surface area contributed by atoms with Crippen LogP contribution in [-0.4, -0.2) is 0 Å². The highest BCUT2D eigenvalue weighted by molar-refractivity contribution is 5.85. The van der Waals surface area contributed by atoms with Crippen molar-refractivity contribution in [3.05, 3.63) is 34.9 Å². The summed E-state index contributed by atoms with van der Waals surface area (Å²) in [5, 5.41) is 0. The van der Waals surface area contributed by atoms with Gasteiger partial charge in [0.25, 0.3) is 0 Å². The van der Waals surface area contributed by atoms with E-state index < -0.39 is 30.1 Å². The molecule has 0 unspecified atom stereocenters. The van der Waals surface area contributed by atoms with Gasteiger partial charge in [-0.1, -0.05) is 0 Å². The van der Waals surface area contributed by atoms with E-state index in [0.29, 0.717) is 12.1 Å². The van der Waals surface area contributed by atoms with E-state index in [1.807, 2.05) is 0 Å². The Labute approximate surface area is 104 Å². The van der Waals surface area contributed by atoms with Gasteiger partial charge in [0.1, 0.15) is 0 Å². The monoisotopic (exact) mass is 295 g/mol. The number of nitrogens with two attached hydrogens (primary N) is 1. The van der Waals surface area contributed by atoms with E-state index in [2.05, 4.69) is 10.7 Å². The van der Waals surface area contributed by atoms with Crippen molar-refractivity contribution < 1.29 is 31.2 Å². The molecule has 1 aromatic carbocycles. The van der Waals surface area contributed by atoms with Crippen LogP contribution in [0, 0.1) is 0 Å². The standard InChI is InChI=1S/C9H7F6NO.ClH/c10-8(11,12)6-1-5(4-17-16)2-7(3-6)9(13,14)15;/h1-3H,4,16H2;1H. The Morgan fingerprint density at radius 3 is 1.56 bits per heavy atom. The lowest BCUT2D eigenvalue weighted by atomic mass is 10.1. The molecule has 9 heteroatoms. The first-order valence-electron chi connectivity index (χ1n) is 4.24. The maximum Gasteiger partial charge on any atom is 0.416 e. The van der Waals surface area contributed by atoms with Crippen molar-refractivity contribution in [2.24, 2.45) is 5.90 Å². The summed E-state index contributed by atoms with van der Waals surface area (Å²) in [6.45, 7) is -0.535. The third-order valence-corrected chi connectivity index (χ3v) is 1.90. The van der Waals surface area contributed by atoms with Crippen LogP contribution < -0.4 is 5.90 Å². The van der Waals surface area contributed by atoms with Gasteiger partial charge in [-0.15, -0.1) is 12.4 Å². The van der Waals surface area contributed by atoms with Crippen LogP contribution in [0.5, 0.6) is 0 Å². The number of rotatable bonds is 2. The van der Waals surface area contributed by atoms with Crippen molar-refractivity contribution >= 4 is 12.4 Å². The molecule has 0 radical (unpaired) electrons. The summed E-state index contributed by atoms with van der Waals surface area (Å²) in [7, 11) is 0. The summed E-state index contributed by atoms with van der Waals surface area (Å²) >= 11 is 0. The molecule has 0 heterocycles. The van der Waals surface area contributed by atoms with E-state index in [4.69, 9.17) is 0 Å². The van der Waals surface area contributed by atoms with Gasteiger partial charge in [-0.25, -0.2) is 5.90 Å². The Kier molecular flexibility index (Phi) is 5.45. The second kappa shape index (κ2) is 5.77. The van der Waals surface area contributed by atoms with Gasteiger partial charge in [0.15, 0.2) is 0 Å². The van der Waals surface area contributed by atoms with Crippen molar-refractivity contribution in [2.45, 2.75) is 19.0 Å². The Morgan fingerprint density at radius 2 is 1.28 bits per heavy atom. The molecule has 104 valence electrons. The molecule has 1 rings (SSSR count). The van der Waals surface area contributed by atoms with Crippen molar-refractivity contribution in [2.75, 3.05) is 0 Å². The van der Waals surface area contributed by atoms with Gasteiger partial charge < -0.3 is 0 Å². The van der Waals surface area contributed by atoms with E-state index in [0.717, 1.165) is 0 Å². The molecule has 0 aliphatic heterocycles. The zero-order valence-electron chi connectivity index (χ0n) is 8.60. The first kappa shape index (κ1) is 17.0. The second-order valence-electron chi connectivity index (χ2n) is 3.23.